The highest BCUT2D eigenvalue weighted by atomic mass is 16.3. The number of aliphatic hydroxyl groups is 1. The van der Waals surface area contributed by atoms with Gasteiger partial charge in [0.25, 0.3) is 0 Å². The fraction of sp³-hybridized carbons (Fsp3) is 0.933. The first-order valence-electron chi connectivity index (χ1n) is 7.60. The first-order valence-corrected chi connectivity index (χ1v) is 7.60. The summed E-state index contributed by atoms with van der Waals surface area (Å²) in [4.78, 5) is 11.6. The molecule has 2 N–H and O–H groups in total. The Bertz CT molecular complexity index is 237. The van der Waals surface area contributed by atoms with Crippen LogP contribution < -0.4 is 5.32 Å². The van der Waals surface area contributed by atoms with Crippen LogP contribution in [0.1, 0.15) is 71.1 Å². The van der Waals surface area contributed by atoms with Gasteiger partial charge >= 0.3 is 0 Å². The number of carbonyl (C=O) groups excluding carboxylic acids is 1. The molecule has 0 saturated heterocycles. The number of unbranched alkanes of at least 4 members (excludes halogenated alkanes) is 5. The van der Waals surface area contributed by atoms with Crippen molar-refractivity contribution in [3.05, 3.63) is 0 Å². The fourth-order valence-corrected chi connectivity index (χ4v) is 2.37. The molecule has 3 heteroatoms. The minimum Gasteiger partial charge on any atom is -0.396 e. The van der Waals surface area contributed by atoms with Crippen molar-refractivity contribution in [1.82, 2.24) is 5.32 Å². The summed E-state index contributed by atoms with van der Waals surface area (Å²) in [5, 5.41) is 12.0. The summed E-state index contributed by atoms with van der Waals surface area (Å²) in [6.45, 7) is 3.23. The van der Waals surface area contributed by atoms with Gasteiger partial charge in [-0.25, -0.2) is 0 Å². The molecule has 1 fully saturated rings. The zero-order chi connectivity index (χ0) is 13.3. The van der Waals surface area contributed by atoms with Crippen molar-refractivity contribution in [2.75, 3.05) is 13.2 Å². The lowest BCUT2D eigenvalue weighted by molar-refractivity contribution is -0.121. The average molecular weight is 255 g/mol. The SMILES string of the molecule is CCCCCCCCC(=O)NCC1(CCO)CC1. The van der Waals surface area contributed by atoms with Crippen molar-refractivity contribution in [2.45, 2.75) is 71.1 Å². The van der Waals surface area contributed by atoms with E-state index in [2.05, 4.69) is 12.2 Å². The van der Waals surface area contributed by atoms with E-state index in [9.17, 15) is 4.79 Å². The molecule has 0 aliphatic heterocycles. The number of hydrogen-bond acceptors (Lipinski definition) is 2. The molecule has 1 rings (SSSR count). The predicted molar refractivity (Wildman–Crippen MR) is 74.4 cm³/mol. The van der Waals surface area contributed by atoms with Gasteiger partial charge in [-0.15, -0.1) is 0 Å². The highest BCUT2D eigenvalue weighted by Gasteiger charge is 2.41. The minimum atomic E-state index is 0.190. The summed E-state index contributed by atoms with van der Waals surface area (Å²) in [7, 11) is 0. The minimum absolute atomic E-state index is 0.190. The van der Waals surface area contributed by atoms with E-state index < -0.39 is 0 Å². The molecular weight excluding hydrogens is 226 g/mol. The average Bonchev–Trinajstić information content (AvgIpc) is 3.12. The van der Waals surface area contributed by atoms with E-state index >= 15 is 0 Å². The van der Waals surface area contributed by atoms with E-state index in [1.54, 1.807) is 0 Å². The molecule has 0 aromatic carbocycles. The Morgan fingerprint density at radius 2 is 1.83 bits per heavy atom. The molecule has 0 spiro atoms. The highest BCUT2D eigenvalue weighted by molar-refractivity contribution is 5.75. The Kier molecular flexibility index (Phi) is 7.33. The number of aliphatic hydroxyl groups excluding tert-OH is 1. The summed E-state index contributed by atoms with van der Waals surface area (Å²) in [6, 6.07) is 0. The molecular formula is C15H29NO2. The van der Waals surface area contributed by atoms with Crippen molar-refractivity contribution >= 4 is 5.91 Å². The van der Waals surface area contributed by atoms with E-state index in [-0.39, 0.29) is 17.9 Å². The molecule has 1 amide bonds. The van der Waals surface area contributed by atoms with Crippen LogP contribution in [0.25, 0.3) is 0 Å². The van der Waals surface area contributed by atoms with Crippen molar-refractivity contribution in [2.24, 2.45) is 5.41 Å². The number of hydrogen-bond donors (Lipinski definition) is 2. The van der Waals surface area contributed by atoms with Gasteiger partial charge in [-0.05, 0) is 31.1 Å². The van der Waals surface area contributed by atoms with Gasteiger partial charge in [-0.2, -0.15) is 0 Å². The molecule has 0 bridgehead atoms. The third kappa shape index (κ3) is 6.39. The molecule has 0 heterocycles. The molecule has 0 aromatic heterocycles. The van der Waals surface area contributed by atoms with Crippen LogP contribution in [0.3, 0.4) is 0 Å². The lowest BCUT2D eigenvalue weighted by atomic mass is 10.0. The number of amides is 1. The van der Waals surface area contributed by atoms with Crippen LogP contribution in [0, 0.1) is 5.41 Å². The summed E-state index contributed by atoms with van der Waals surface area (Å²) >= 11 is 0. The first-order chi connectivity index (χ1) is 8.72. The van der Waals surface area contributed by atoms with Crippen LogP contribution in [-0.2, 0) is 4.79 Å². The van der Waals surface area contributed by atoms with Crippen LogP contribution in [0.2, 0.25) is 0 Å². The van der Waals surface area contributed by atoms with E-state index in [1.807, 2.05) is 0 Å². The Hall–Kier alpha value is -0.570. The molecule has 0 aromatic rings. The number of rotatable bonds is 11. The maximum atomic E-state index is 11.6. The topological polar surface area (TPSA) is 49.3 Å². The van der Waals surface area contributed by atoms with E-state index in [0.717, 1.165) is 32.2 Å². The fourth-order valence-electron chi connectivity index (χ4n) is 2.37. The maximum absolute atomic E-state index is 11.6. The second-order valence-corrected chi connectivity index (χ2v) is 5.77. The number of nitrogens with one attached hydrogen (secondary N) is 1. The third-order valence-electron chi connectivity index (χ3n) is 4.02. The van der Waals surface area contributed by atoms with Gasteiger partial charge in [0.2, 0.25) is 5.91 Å². The van der Waals surface area contributed by atoms with Gasteiger partial charge in [-0.3, -0.25) is 4.79 Å². The summed E-state index contributed by atoms with van der Waals surface area (Å²) in [5.41, 5.74) is 0.242. The van der Waals surface area contributed by atoms with E-state index in [1.165, 1.54) is 32.1 Å². The highest BCUT2D eigenvalue weighted by Crippen LogP contribution is 2.47. The smallest absolute Gasteiger partial charge is 0.220 e. The Balaban J connectivity index is 1.94. The van der Waals surface area contributed by atoms with E-state index in [0.29, 0.717) is 6.42 Å². The largest absolute Gasteiger partial charge is 0.396 e. The normalized spacial score (nSPS) is 16.6. The predicted octanol–water partition coefficient (Wildman–Crippen LogP) is 3.02. The maximum Gasteiger partial charge on any atom is 0.220 e. The monoisotopic (exact) mass is 255 g/mol. The lowest BCUT2D eigenvalue weighted by Gasteiger charge is -2.14. The molecule has 0 unspecified atom stereocenters. The van der Waals surface area contributed by atoms with Gasteiger partial charge < -0.3 is 10.4 Å². The Labute approximate surface area is 111 Å². The van der Waals surface area contributed by atoms with Crippen LogP contribution in [0.4, 0.5) is 0 Å². The van der Waals surface area contributed by atoms with Gasteiger partial charge in [0.15, 0.2) is 0 Å². The lowest BCUT2D eigenvalue weighted by Crippen LogP contribution is -2.30. The van der Waals surface area contributed by atoms with Crippen LogP contribution in [0.15, 0.2) is 0 Å². The van der Waals surface area contributed by atoms with Crippen molar-refractivity contribution < 1.29 is 9.90 Å². The molecule has 1 aliphatic carbocycles. The molecule has 0 radical (unpaired) electrons. The van der Waals surface area contributed by atoms with Crippen LogP contribution in [-0.4, -0.2) is 24.2 Å². The van der Waals surface area contributed by atoms with Gasteiger partial charge in [0, 0.05) is 19.6 Å². The summed E-state index contributed by atoms with van der Waals surface area (Å²) < 4.78 is 0. The van der Waals surface area contributed by atoms with Gasteiger partial charge in [0.1, 0.15) is 0 Å². The molecule has 3 nitrogen and oxygen atoms in total. The van der Waals surface area contributed by atoms with Crippen molar-refractivity contribution in [1.29, 1.82) is 0 Å². The van der Waals surface area contributed by atoms with Gasteiger partial charge in [-0.1, -0.05) is 39.0 Å². The van der Waals surface area contributed by atoms with Crippen LogP contribution >= 0.6 is 0 Å². The third-order valence-corrected chi connectivity index (χ3v) is 4.02. The molecule has 0 atom stereocenters. The molecule has 1 aliphatic rings. The second-order valence-electron chi connectivity index (χ2n) is 5.77. The first kappa shape index (κ1) is 15.5. The van der Waals surface area contributed by atoms with Crippen molar-refractivity contribution in [3.8, 4) is 0 Å². The zero-order valence-electron chi connectivity index (χ0n) is 11.8. The quantitative estimate of drug-likeness (QED) is 0.558. The van der Waals surface area contributed by atoms with Crippen LogP contribution in [0.5, 0.6) is 0 Å². The van der Waals surface area contributed by atoms with E-state index in [4.69, 9.17) is 5.11 Å². The van der Waals surface area contributed by atoms with Gasteiger partial charge in [0.05, 0.1) is 0 Å². The summed E-state index contributed by atoms with van der Waals surface area (Å²) in [6.07, 6.45) is 11.2. The zero-order valence-corrected chi connectivity index (χ0v) is 11.8. The molecule has 18 heavy (non-hydrogen) atoms. The standard InChI is InChI=1S/C15H29NO2/c1-2-3-4-5-6-7-8-14(18)16-13-15(9-10-15)11-12-17/h17H,2-13H2,1H3,(H,16,18). The Morgan fingerprint density at radius 1 is 1.17 bits per heavy atom. The van der Waals surface area contributed by atoms with Crippen molar-refractivity contribution in [3.63, 3.8) is 0 Å². The second kappa shape index (κ2) is 8.52. The molecule has 1 saturated carbocycles. The summed E-state index contributed by atoms with van der Waals surface area (Å²) in [5.74, 6) is 0.190. The number of carbonyl (C=O) groups is 1. The Morgan fingerprint density at radius 3 is 2.44 bits per heavy atom. The molecule has 106 valence electrons.